The molecule has 0 unspecified atom stereocenters. The Labute approximate surface area is 211 Å². The van der Waals surface area contributed by atoms with Gasteiger partial charge in [0.2, 0.25) is 0 Å². The number of methoxy groups -OCH3 is 1. The smallest absolute Gasteiger partial charge is 0.271 e. The molecule has 2 aromatic heterocycles. The van der Waals surface area contributed by atoms with Crippen LogP contribution in [0.15, 0.2) is 94.4 Å². The van der Waals surface area contributed by atoms with Crippen LogP contribution in [-0.4, -0.2) is 16.7 Å². The van der Waals surface area contributed by atoms with Crippen molar-refractivity contribution in [2.75, 3.05) is 7.11 Å². The number of aromatic amines is 1. The summed E-state index contributed by atoms with van der Waals surface area (Å²) in [4.78, 5) is 23.1. The van der Waals surface area contributed by atoms with Crippen molar-refractivity contribution < 1.29 is 4.74 Å². The van der Waals surface area contributed by atoms with E-state index in [0.29, 0.717) is 4.53 Å². The number of allylic oxidation sites excluding steroid dienone is 1. The van der Waals surface area contributed by atoms with Crippen LogP contribution < -0.4 is 19.6 Å². The Balaban J connectivity index is 1.48. The van der Waals surface area contributed by atoms with Gasteiger partial charge < -0.3 is 9.72 Å². The number of aryl methyl sites for hydroxylation is 1. The molecule has 0 saturated carbocycles. The summed E-state index contributed by atoms with van der Waals surface area (Å²) < 4.78 is 7.97. The van der Waals surface area contributed by atoms with Gasteiger partial charge in [-0.25, -0.2) is 4.99 Å². The summed E-state index contributed by atoms with van der Waals surface area (Å²) in [5.41, 5.74) is 7.82. The molecule has 1 N–H and O–H groups in total. The van der Waals surface area contributed by atoms with Crippen LogP contribution in [0.25, 0.3) is 22.7 Å². The lowest BCUT2D eigenvalue weighted by Gasteiger charge is -2.30. The van der Waals surface area contributed by atoms with E-state index in [4.69, 9.17) is 9.73 Å². The largest absolute Gasteiger partial charge is 0.497 e. The molecular formula is C30H23N3O2S. The van der Waals surface area contributed by atoms with Crippen LogP contribution in [0.5, 0.6) is 5.75 Å². The highest BCUT2D eigenvalue weighted by Gasteiger charge is 2.32. The third kappa shape index (κ3) is 3.22. The van der Waals surface area contributed by atoms with Crippen molar-refractivity contribution in [2.24, 2.45) is 4.99 Å². The predicted molar refractivity (Wildman–Crippen MR) is 144 cm³/mol. The normalized spacial score (nSPS) is 16.9. The first-order chi connectivity index (χ1) is 17.7. The molecule has 1 aliphatic carbocycles. The second kappa shape index (κ2) is 8.21. The summed E-state index contributed by atoms with van der Waals surface area (Å²) in [5.74, 6) is 0.800. The Bertz CT molecular complexity index is 1850. The van der Waals surface area contributed by atoms with Crippen LogP contribution in [0.4, 0.5) is 0 Å². The van der Waals surface area contributed by atoms with Gasteiger partial charge in [0.05, 0.1) is 23.4 Å². The molecule has 0 saturated heterocycles. The maximum Gasteiger partial charge on any atom is 0.271 e. The second-order valence-electron chi connectivity index (χ2n) is 9.18. The van der Waals surface area contributed by atoms with Gasteiger partial charge in [-0.2, -0.15) is 0 Å². The lowest BCUT2D eigenvalue weighted by atomic mass is 9.83. The molecule has 6 heteroatoms. The maximum absolute atomic E-state index is 13.9. The summed E-state index contributed by atoms with van der Waals surface area (Å²) in [6, 6.07) is 24.5. The van der Waals surface area contributed by atoms with Crippen molar-refractivity contribution in [1.82, 2.24) is 9.55 Å². The molecule has 0 bridgehead atoms. The minimum atomic E-state index is -0.194. The van der Waals surface area contributed by atoms with Gasteiger partial charge in [0.25, 0.3) is 5.56 Å². The van der Waals surface area contributed by atoms with Crippen LogP contribution in [0.1, 0.15) is 34.7 Å². The summed E-state index contributed by atoms with van der Waals surface area (Å²) in [6.45, 7) is 0. The SMILES string of the molecule is COc1ccc([C@@H]2C3=C(N=c4sc(=Cc5c[nH]c6ccccc56)c(=O)n42)c2ccccc2CC3)cc1. The van der Waals surface area contributed by atoms with E-state index in [1.165, 1.54) is 28.0 Å². The van der Waals surface area contributed by atoms with Crippen molar-refractivity contribution in [2.45, 2.75) is 18.9 Å². The Kier molecular flexibility index (Phi) is 4.82. The molecule has 1 aliphatic heterocycles. The van der Waals surface area contributed by atoms with E-state index in [9.17, 15) is 4.79 Å². The fraction of sp³-hybridized carbons (Fsp3) is 0.133. The molecule has 0 amide bonds. The molecule has 0 fully saturated rings. The lowest BCUT2D eigenvalue weighted by molar-refractivity contribution is 0.414. The number of ether oxygens (including phenoxy) is 1. The zero-order valence-electron chi connectivity index (χ0n) is 19.7. The minimum absolute atomic E-state index is 0.00439. The minimum Gasteiger partial charge on any atom is -0.497 e. The molecule has 7 rings (SSSR count). The van der Waals surface area contributed by atoms with E-state index in [1.807, 2.05) is 47.2 Å². The molecule has 0 spiro atoms. The number of hydrogen-bond donors (Lipinski definition) is 1. The average molecular weight is 490 g/mol. The standard InChI is InChI=1S/C30H23N3O2S/c1-35-21-13-10-19(11-14-21)28-24-15-12-18-6-2-3-8-23(18)27(24)32-30-33(28)29(34)26(36-30)16-20-17-31-25-9-5-4-7-22(20)25/h2-11,13-14,16-17,28,31H,12,15H2,1H3/t28-/m1/s1. The quantitative estimate of drug-likeness (QED) is 0.396. The number of aromatic nitrogens is 2. The van der Waals surface area contributed by atoms with Gasteiger partial charge in [-0.05, 0) is 53.8 Å². The number of thiazole rings is 1. The van der Waals surface area contributed by atoms with Crippen LogP contribution >= 0.6 is 11.3 Å². The Hall–Kier alpha value is -4.16. The number of nitrogens with one attached hydrogen (secondary N) is 1. The first kappa shape index (κ1) is 21.1. The number of nitrogens with zero attached hydrogens (tertiary/aromatic N) is 2. The number of benzene rings is 3. The summed E-state index contributed by atoms with van der Waals surface area (Å²) in [5, 5.41) is 1.10. The van der Waals surface area contributed by atoms with Crippen molar-refractivity contribution in [3.63, 3.8) is 0 Å². The van der Waals surface area contributed by atoms with E-state index in [2.05, 4.69) is 47.4 Å². The number of fused-ring (bicyclic) bond motifs is 4. The Morgan fingerprint density at radius 3 is 2.69 bits per heavy atom. The van der Waals surface area contributed by atoms with Crippen molar-refractivity contribution in [1.29, 1.82) is 0 Å². The molecule has 36 heavy (non-hydrogen) atoms. The van der Waals surface area contributed by atoms with Gasteiger partial charge in [0.15, 0.2) is 4.80 Å². The number of hydrogen-bond acceptors (Lipinski definition) is 4. The van der Waals surface area contributed by atoms with E-state index in [-0.39, 0.29) is 11.6 Å². The highest BCUT2D eigenvalue weighted by atomic mass is 32.1. The molecular weight excluding hydrogens is 466 g/mol. The van der Waals surface area contributed by atoms with Gasteiger partial charge in [-0.3, -0.25) is 9.36 Å². The topological polar surface area (TPSA) is 59.4 Å². The molecule has 176 valence electrons. The summed E-state index contributed by atoms with van der Waals surface area (Å²) in [6.07, 6.45) is 5.77. The van der Waals surface area contributed by atoms with E-state index in [0.717, 1.165) is 51.1 Å². The number of para-hydroxylation sites is 1. The number of H-pyrrole nitrogens is 1. The predicted octanol–water partition coefficient (Wildman–Crippen LogP) is 4.81. The molecule has 1 atom stereocenters. The number of rotatable bonds is 3. The van der Waals surface area contributed by atoms with Crippen LogP contribution in [0.2, 0.25) is 0 Å². The molecule has 5 nitrogen and oxygen atoms in total. The van der Waals surface area contributed by atoms with E-state index in [1.54, 1.807) is 7.11 Å². The van der Waals surface area contributed by atoms with Gasteiger partial charge in [-0.1, -0.05) is 65.9 Å². The first-order valence-corrected chi connectivity index (χ1v) is 12.9. The first-order valence-electron chi connectivity index (χ1n) is 12.0. The average Bonchev–Trinajstić information content (AvgIpc) is 3.48. The fourth-order valence-electron chi connectivity index (χ4n) is 5.46. The zero-order chi connectivity index (χ0) is 24.2. The van der Waals surface area contributed by atoms with Crippen molar-refractivity contribution >= 4 is 34.0 Å². The Morgan fingerprint density at radius 2 is 1.83 bits per heavy atom. The van der Waals surface area contributed by atoms with Crippen LogP contribution in [0, 0.1) is 0 Å². The molecule has 5 aromatic rings. The highest BCUT2D eigenvalue weighted by Crippen LogP contribution is 2.41. The summed E-state index contributed by atoms with van der Waals surface area (Å²) >= 11 is 1.46. The van der Waals surface area contributed by atoms with Gasteiger partial charge in [-0.15, -0.1) is 0 Å². The van der Waals surface area contributed by atoms with Crippen LogP contribution in [-0.2, 0) is 6.42 Å². The third-order valence-corrected chi connectivity index (χ3v) is 8.20. The fourth-order valence-corrected chi connectivity index (χ4v) is 6.46. The monoisotopic (exact) mass is 489 g/mol. The third-order valence-electron chi connectivity index (χ3n) is 7.21. The van der Waals surface area contributed by atoms with Gasteiger partial charge >= 0.3 is 0 Å². The molecule has 0 radical (unpaired) electrons. The second-order valence-corrected chi connectivity index (χ2v) is 10.2. The van der Waals surface area contributed by atoms with Crippen LogP contribution in [0.3, 0.4) is 0 Å². The lowest BCUT2D eigenvalue weighted by Crippen LogP contribution is -2.38. The Morgan fingerprint density at radius 1 is 1.03 bits per heavy atom. The molecule has 3 aromatic carbocycles. The van der Waals surface area contributed by atoms with E-state index >= 15 is 0 Å². The molecule has 3 heterocycles. The van der Waals surface area contributed by atoms with Gasteiger partial charge in [0, 0.05) is 28.2 Å². The van der Waals surface area contributed by atoms with Crippen molar-refractivity contribution in [3.05, 3.63) is 127 Å². The van der Waals surface area contributed by atoms with E-state index < -0.39 is 0 Å². The zero-order valence-corrected chi connectivity index (χ0v) is 20.5. The van der Waals surface area contributed by atoms with Crippen molar-refractivity contribution in [3.8, 4) is 5.75 Å². The summed E-state index contributed by atoms with van der Waals surface area (Å²) in [7, 11) is 1.67. The highest BCUT2D eigenvalue weighted by molar-refractivity contribution is 7.07. The van der Waals surface area contributed by atoms with Gasteiger partial charge in [0.1, 0.15) is 5.75 Å². The maximum atomic E-state index is 13.9. The molecule has 2 aliphatic rings.